The van der Waals surface area contributed by atoms with Gasteiger partial charge in [0.2, 0.25) is 5.95 Å². The SMILES string of the molecule is CCCCNc1nccc(C(=O)NCc2ccncc2)n1. The van der Waals surface area contributed by atoms with Crippen LogP contribution in [0.1, 0.15) is 35.8 Å². The average Bonchev–Trinajstić information content (AvgIpc) is 2.54. The summed E-state index contributed by atoms with van der Waals surface area (Å²) in [5.41, 5.74) is 1.35. The molecule has 1 amide bonds. The first-order valence-electron chi connectivity index (χ1n) is 7.03. The van der Waals surface area contributed by atoms with Crippen molar-refractivity contribution in [3.05, 3.63) is 48.0 Å². The first-order valence-corrected chi connectivity index (χ1v) is 7.03. The Kier molecular flexibility index (Phi) is 5.63. The van der Waals surface area contributed by atoms with E-state index in [4.69, 9.17) is 0 Å². The predicted octanol–water partition coefficient (Wildman–Crippen LogP) is 2.01. The van der Waals surface area contributed by atoms with Gasteiger partial charge < -0.3 is 10.6 Å². The van der Waals surface area contributed by atoms with Gasteiger partial charge in [-0.1, -0.05) is 13.3 Å². The van der Waals surface area contributed by atoms with Crippen LogP contribution in [0, 0.1) is 0 Å². The lowest BCUT2D eigenvalue weighted by atomic mass is 10.2. The minimum atomic E-state index is -0.215. The third-order valence-corrected chi connectivity index (χ3v) is 2.90. The van der Waals surface area contributed by atoms with Crippen LogP contribution in [0.15, 0.2) is 36.8 Å². The largest absolute Gasteiger partial charge is 0.354 e. The van der Waals surface area contributed by atoms with Gasteiger partial charge in [0.05, 0.1) is 0 Å². The van der Waals surface area contributed by atoms with Crippen LogP contribution in [0.5, 0.6) is 0 Å². The van der Waals surface area contributed by atoms with Crippen molar-refractivity contribution in [3.63, 3.8) is 0 Å². The lowest BCUT2D eigenvalue weighted by molar-refractivity contribution is 0.0946. The molecule has 2 rings (SSSR count). The molecule has 0 radical (unpaired) electrons. The highest BCUT2D eigenvalue weighted by Gasteiger charge is 2.08. The van der Waals surface area contributed by atoms with E-state index in [0.717, 1.165) is 24.9 Å². The van der Waals surface area contributed by atoms with Crippen molar-refractivity contribution >= 4 is 11.9 Å². The number of amides is 1. The predicted molar refractivity (Wildman–Crippen MR) is 80.8 cm³/mol. The Bertz CT molecular complexity index is 573. The number of anilines is 1. The monoisotopic (exact) mass is 285 g/mol. The summed E-state index contributed by atoms with van der Waals surface area (Å²) >= 11 is 0. The van der Waals surface area contributed by atoms with E-state index in [2.05, 4.69) is 32.5 Å². The molecule has 110 valence electrons. The number of rotatable bonds is 7. The van der Waals surface area contributed by atoms with Gasteiger partial charge in [0.1, 0.15) is 5.69 Å². The Balaban J connectivity index is 1.91. The third kappa shape index (κ3) is 4.83. The number of nitrogens with zero attached hydrogens (tertiary/aromatic N) is 3. The van der Waals surface area contributed by atoms with E-state index < -0.39 is 0 Å². The number of aromatic nitrogens is 3. The molecule has 0 unspecified atom stereocenters. The highest BCUT2D eigenvalue weighted by Crippen LogP contribution is 2.02. The molecule has 0 spiro atoms. The molecule has 2 aromatic rings. The second-order valence-corrected chi connectivity index (χ2v) is 4.58. The quantitative estimate of drug-likeness (QED) is 0.761. The summed E-state index contributed by atoms with van der Waals surface area (Å²) < 4.78 is 0. The van der Waals surface area contributed by atoms with Gasteiger partial charge in [-0.2, -0.15) is 0 Å². The van der Waals surface area contributed by atoms with Crippen LogP contribution in [0.4, 0.5) is 5.95 Å². The van der Waals surface area contributed by atoms with Crippen molar-refractivity contribution in [3.8, 4) is 0 Å². The molecule has 21 heavy (non-hydrogen) atoms. The van der Waals surface area contributed by atoms with Crippen LogP contribution < -0.4 is 10.6 Å². The molecule has 0 aliphatic carbocycles. The van der Waals surface area contributed by atoms with Crippen molar-refractivity contribution in [2.45, 2.75) is 26.3 Å². The lowest BCUT2D eigenvalue weighted by Gasteiger charge is -2.07. The van der Waals surface area contributed by atoms with Crippen molar-refractivity contribution < 1.29 is 4.79 Å². The van der Waals surface area contributed by atoms with Gasteiger partial charge in [-0.15, -0.1) is 0 Å². The lowest BCUT2D eigenvalue weighted by Crippen LogP contribution is -2.24. The molecular weight excluding hydrogens is 266 g/mol. The molecule has 0 aliphatic heterocycles. The number of hydrogen-bond acceptors (Lipinski definition) is 5. The first kappa shape index (κ1) is 14.9. The fraction of sp³-hybridized carbons (Fsp3) is 0.333. The average molecular weight is 285 g/mol. The summed E-state index contributed by atoms with van der Waals surface area (Å²) in [5, 5.41) is 5.93. The molecule has 2 aromatic heterocycles. The van der Waals surface area contributed by atoms with Gasteiger partial charge in [0, 0.05) is 31.7 Å². The van der Waals surface area contributed by atoms with Crippen LogP contribution in [0.25, 0.3) is 0 Å². The van der Waals surface area contributed by atoms with Gasteiger partial charge in [0.25, 0.3) is 5.91 Å². The second kappa shape index (κ2) is 7.94. The highest BCUT2D eigenvalue weighted by atomic mass is 16.1. The Morgan fingerprint density at radius 3 is 2.76 bits per heavy atom. The minimum absolute atomic E-state index is 0.215. The van der Waals surface area contributed by atoms with E-state index in [0.29, 0.717) is 18.2 Å². The molecule has 6 heteroatoms. The second-order valence-electron chi connectivity index (χ2n) is 4.58. The molecular formula is C15H19N5O. The molecule has 0 saturated heterocycles. The molecule has 0 fully saturated rings. The summed E-state index contributed by atoms with van der Waals surface area (Å²) in [6.45, 7) is 3.37. The van der Waals surface area contributed by atoms with E-state index in [-0.39, 0.29) is 5.91 Å². The number of carbonyl (C=O) groups excluding carboxylic acids is 1. The topological polar surface area (TPSA) is 79.8 Å². The van der Waals surface area contributed by atoms with E-state index in [1.807, 2.05) is 12.1 Å². The van der Waals surface area contributed by atoms with Crippen molar-refractivity contribution in [2.75, 3.05) is 11.9 Å². The molecule has 0 bridgehead atoms. The first-order chi connectivity index (χ1) is 10.3. The fourth-order valence-electron chi connectivity index (χ4n) is 1.72. The Morgan fingerprint density at radius 2 is 2.00 bits per heavy atom. The molecule has 0 aliphatic rings. The van der Waals surface area contributed by atoms with E-state index in [1.54, 1.807) is 24.7 Å². The number of carbonyl (C=O) groups is 1. The maximum Gasteiger partial charge on any atom is 0.270 e. The Morgan fingerprint density at radius 1 is 1.19 bits per heavy atom. The smallest absolute Gasteiger partial charge is 0.270 e. The summed E-state index contributed by atoms with van der Waals surface area (Å²) in [4.78, 5) is 24.3. The molecule has 0 saturated carbocycles. The molecule has 6 nitrogen and oxygen atoms in total. The van der Waals surface area contributed by atoms with Crippen LogP contribution in [0.3, 0.4) is 0 Å². The van der Waals surface area contributed by atoms with Gasteiger partial charge >= 0.3 is 0 Å². The minimum Gasteiger partial charge on any atom is -0.354 e. The fourth-order valence-corrected chi connectivity index (χ4v) is 1.72. The van der Waals surface area contributed by atoms with Gasteiger partial charge in [0.15, 0.2) is 0 Å². The van der Waals surface area contributed by atoms with Crippen molar-refractivity contribution in [1.29, 1.82) is 0 Å². The molecule has 2 N–H and O–H groups in total. The van der Waals surface area contributed by atoms with Crippen LogP contribution in [0.2, 0.25) is 0 Å². The standard InChI is InChI=1S/C15H19N5O/c1-2-3-7-17-15-18-10-6-13(20-15)14(21)19-11-12-4-8-16-9-5-12/h4-6,8-10H,2-3,7,11H2,1H3,(H,19,21)(H,17,18,20). The maximum absolute atomic E-state index is 12.1. The molecule has 2 heterocycles. The van der Waals surface area contributed by atoms with Gasteiger partial charge in [-0.25, -0.2) is 9.97 Å². The Hall–Kier alpha value is -2.50. The van der Waals surface area contributed by atoms with Crippen LogP contribution >= 0.6 is 0 Å². The zero-order valence-electron chi connectivity index (χ0n) is 12.0. The maximum atomic E-state index is 12.1. The summed E-state index contributed by atoms with van der Waals surface area (Å²) in [7, 11) is 0. The number of nitrogens with one attached hydrogen (secondary N) is 2. The van der Waals surface area contributed by atoms with E-state index in [9.17, 15) is 4.79 Å². The third-order valence-electron chi connectivity index (χ3n) is 2.90. The number of pyridine rings is 1. The van der Waals surface area contributed by atoms with E-state index in [1.165, 1.54) is 0 Å². The van der Waals surface area contributed by atoms with Crippen molar-refractivity contribution in [2.24, 2.45) is 0 Å². The van der Waals surface area contributed by atoms with Crippen LogP contribution in [-0.4, -0.2) is 27.4 Å². The van der Waals surface area contributed by atoms with Gasteiger partial charge in [-0.3, -0.25) is 9.78 Å². The molecule has 0 atom stereocenters. The van der Waals surface area contributed by atoms with E-state index >= 15 is 0 Å². The number of unbranched alkanes of at least 4 members (excludes halogenated alkanes) is 1. The zero-order valence-corrected chi connectivity index (χ0v) is 12.0. The normalized spacial score (nSPS) is 10.1. The number of hydrogen-bond donors (Lipinski definition) is 2. The highest BCUT2D eigenvalue weighted by molar-refractivity contribution is 5.92. The summed E-state index contributed by atoms with van der Waals surface area (Å²) in [6.07, 6.45) is 7.12. The van der Waals surface area contributed by atoms with Gasteiger partial charge in [-0.05, 0) is 30.2 Å². The summed E-state index contributed by atoms with van der Waals surface area (Å²) in [5.74, 6) is 0.271. The Labute approximate surface area is 124 Å². The molecule has 0 aromatic carbocycles. The summed E-state index contributed by atoms with van der Waals surface area (Å²) in [6, 6.07) is 5.32. The van der Waals surface area contributed by atoms with Crippen molar-refractivity contribution in [1.82, 2.24) is 20.3 Å². The zero-order chi connectivity index (χ0) is 14.9. The van der Waals surface area contributed by atoms with Crippen LogP contribution in [-0.2, 0) is 6.54 Å².